The lowest BCUT2D eigenvalue weighted by Crippen LogP contribution is -2.48. The van der Waals surface area contributed by atoms with Crippen LogP contribution in [0.4, 0.5) is 11.5 Å². The summed E-state index contributed by atoms with van der Waals surface area (Å²) in [5.41, 5.74) is 2.15. The van der Waals surface area contributed by atoms with Crippen molar-refractivity contribution in [2.75, 3.05) is 43.4 Å². The zero-order valence-corrected chi connectivity index (χ0v) is 15.3. The Bertz CT molecular complexity index is 844. The van der Waals surface area contributed by atoms with Gasteiger partial charge in [-0.3, -0.25) is 14.5 Å². The van der Waals surface area contributed by atoms with E-state index in [1.807, 2.05) is 11.8 Å². The molecule has 9 heteroatoms. The number of pyridine rings is 1. The minimum atomic E-state index is -0.130. The molecule has 26 heavy (non-hydrogen) atoms. The van der Waals surface area contributed by atoms with Crippen LogP contribution < -0.4 is 10.6 Å². The van der Waals surface area contributed by atoms with E-state index in [0.29, 0.717) is 30.2 Å². The lowest BCUT2D eigenvalue weighted by molar-refractivity contribution is -0.114. The maximum atomic E-state index is 12.8. The molecule has 2 aromatic heterocycles. The second-order valence-corrected chi connectivity index (χ2v) is 7.51. The topological polar surface area (TPSA) is 90.5 Å². The number of aryl methyl sites for hydroxylation is 1. The highest BCUT2D eigenvalue weighted by Crippen LogP contribution is 2.24. The highest BCUT2D eigenvalue weighted by atomic mass is 32.1. The summed E-state index contributed by atoms with van der Waals surface area (Å²) >= 11 is 1.66. The normalized spacial score (nSPS) is 17.4. The van der Waals surface area contributed by atoms with Crippen molar-refractivity contribution in [3.63, 3.8) is 0 Å². The third-order valence-electron chi connectivity index (χ3n) is 4.54. The van der Waals surface area contributed by atoms with Crippen LogP contribution >= 0.6 is 11.3 Å². The van der Waals surface area contributed by atoms with Gasteiger partial charge in [0.1, 0.15) is 5.82 Å². The summed E-state index contributed by atoms with van der Waals surface area (Å²) in [6, 6.07) is 1.69. The van der Waals surface area contributed by atoms with Crippen molar-refractivity contribution in [1.82, 2.24) is 19.8 Å². The zero-order chi connectivity index (χ0) is 18.1. The second-order valence-electron chi connectivity index (χ2n) is 6.45. The molecule has 2 aromatic rings. The minimum Gasteiger partial charge on any atom is -0.359 e. The van der Waals surface area contributed by atoms with E-state index in [2.05, 4.69) is 30.9 Å². The van der Waals surface area contributed by atoms with Gasteiger partial charge in [0.15, 0.2) is 0 Å². The van der Waals surface area contributed by atoms with Crippen LogP contribution in [0.25, 0.3) is 0 Å². The van der Waals surface area contributed by atoms with Gasteiger partial charge in [-0.05, 0) is 13.0 Å². The van der Waals surface area contributed by atoms with Gasteiger partial charge < -0.3 is 15.5 Å². The Kier molecular flexibility index (Phi) is 4.56. The molecule has 1 saturated heterocycles. The molecule has 136 valence electrons. The molecule has 0 atom stereocenters. The summed E-state index contributed by atoms with van der Waals surface area (Å²) in [6.07, 6.45) is 1.57. The number of thiazole rings is 1. The Morgan fingerprint density at radius 2 is 2.12 bits per heavy atom. The molecule has 0 saturated carbocycles. The molecule has 2 aliphatic heterocycles. The van der Waals surface area contributed by atoms with Crippen LogP contribution in [0.5, 0.6) is 0 Å². The van der Waals surface area contributed by atoms with Gasteiger partial charge in [-0.1, -0.05) is 0 Å². The fourth-order valence-corrected chi connectivity index (χ4v) is 3.78. The monoisotopic (exact) mass is 372 g/mol. The molecule has 0 spiro atoms. The second kappa shape index (κ2) is 7.00. The van der Waals surface area contributed by atoms with E-state index < -0.39 is 0 Å². The molecule has 0 unspecified atom stereocenters. The van der Waals surface area contributed by atoms with Crippen LogP contribution in [-0.2, 0) is 11.3 Å². The van der Waals surface area contributed by atoms with E-state index in [0.717, 1.165) is 30.3 Å². The van der Waals surface area contributed by atoms with Gasteiger partial charge in [-0.15, -0.1) is 11.3 Å². The first-order valence-electron chi connectivity index (χ1n) is 8.55. The van der Waals surface area contributed by atoms with E-state index in [9.17, 15) is 9.59 Å². The van der Waals surface area contributed by atoms with Crippen molar-refractivity contribution >= 4 is 34.7 Å². The molecule has 2 aliphatic rings. The van der Waals surface area contributed by atoms with E-state index in [4.69, 9.17) is 0 Å². The minimum absolute atomic E-state index is 0.0516. The largest absolute Gasteiger partial charge is 0.359 e. The Balaban J connectivity index is 1.37. The Labute approximate surface area is 155 Å². The number of anilines is 2. The van der Waals surface area contributed by atoms with Crippen LogP contribution in [0, 0.1) is 6.92 Å². The molecule has 8 nitrogen and oxygen atoms in total. The van der Waals surface area contributed by atoms with Gasteiger partial charge in [0.2, 0.25) is 5.91 Å². The summed E-state index contributed by atoms with van der Waals surface area (Å²) < 4.78 is 0. The average Bonchev–Trinajstić information content (AvgIpc) is 3.06. The number of fused-ring (bicyclic) bond motifs is 1. The number of aromatic nitrogens is 2. The van der Waals surface area contributed by atoms with Gasteiger partial charge in [-0.25, -0.2) is 9.97 Å². The van der Waals surface area contributed by atoms with Gasteiger partial charge >= 0.3 is 0 Å². The molecule has 0 aromatic carbocycles. The van der Waals surface area contributed by atoms with Crippen molar-refractivity contribution < 1.29 is 9.59 Å². The molecular formula is C17H20N6O2S. The number of rotatable bonds is 3. The third kappa shape index (κ3) is 3.54. The molecule has 4 heterocycles. The summed E-state index contributed by atoms with van der Waals surface area (Å²) in [7, 11) is 0. The number of hydrogen-bond donors (Lipinski definition) is 2. The highest BCUT2D eigenvalue weighted by Gasteiger charge is 2.24. The van der Waals surface area contributed by atoms with Crippen LogP contribution in [0.1, 0.15) is 21.1 Å². The lowest BCUT2D eigenvalue weighted by atomic mass is 10.2. The van der Waals surface area contributed by atoms with Gasteiger partial charge in [0.05, 0.1) is 28.5 Å². The first-order valence-corrected chi connectivity index (χ1v) is 9.43. The molecule has 0 radical (unpaired) electrons. The van der Waals surface area contributed by atoms with Crippen LogP contribution in [-0.4, -0.2) is 64.3 Å². The quantitative estimate of drug-likeness (QED) is 0.841. The van der Waals surface area contributed by atoms with Crippen molar-refractivity contribution in [2.24, 2.45) is 0 Å². The molecule has 2 amide bonds. The van der Waals surface area contributed by atoms with E-state index in [-0.39, 0.29) is 18.4 Å². The maximum absolute atomic E-state index is 12.8. The van der Waals surface area contributed by atoms with E-state index >= 15 is 0 Å². The standard InChI is InChI=1S/C17H20N6O2S/c1-11-20-13(10-26-11)9-22-2-4-23(5-3-22)17(25)12-6-14-16(18-7-12)19-8-15(24)21-14/h6-7,10H,2-5,8-9H2,1H3,(H,18,19)(H,21,24). The van der Waals surface area contributed by atoms with Crippen LogP contribution in [0.2, 0.25) is 0 Å². The smallest absolute Gasteiger partial charge is 0.255 e. The lowest BCUT2D eigenvalue weighted by Gasteiger charge is -2.34. The first kappa shape index (κ1) is 16.9. The molecule has 2 N–H and O–H groups in total. The number of hydrogen-bond acceptors (Lipinski definition) is 7. The number of nitrogens with one attached hydrogen (secondary N) is 2. The number of nitrogens with zero attached hydrogens (tertiary/aromatic N) is 4. The van der Waals surface area contributed by atoms with Gasteiger partial charge in [0.25, 0.3) is 5.91 Å². The highest BCUT2D eigenvalue weighted by molar-refractivity contribution is 7.09. The summed E-state index contributed by atoms with van der Waals surface area (Å²) in [4.78, 5) is 37.2. The molecule has 4 rings (SSSR count). The zero-order valence-electron chi connectivity index (χ0n) is 14.5. The van der Waals surface area contributed by atoms with Crippen molar-refractivity contribution in [3.05, 3.63) is 33.9 Å². The molecular weight excluding hydrogens is 352 g/mol. The third-order valence-corrected chi connectivity index (χ3v) is 5.36. The number of carbonyl (C=O) groups excluding carboxylic acids is 2. The Morgan fingerprint density at radius 1 is 1.31 bits per heavy atom. The van der Waals surface area contributed by atoms with Gasteiger partial charge in [0, 0.05) is 44.3 Å². The number of carbonyl (C=O) groups is 2. The average molecular weight is 372 g/mol. The van der Waals surface area contributed by atoms with Crippen molar-refractivity contribution in [3.8, 4) is 0 Å². The molecule has 0 bridgehead atoms. The molecule has 0 aliphatic carbocycles. The summed E-state index contributed by atoms with van der Waals surface area (Å²) in [5.74, 6) is 0.420. The summed E-state index contributed by atoms with van der Waals surface area (Å²) in [6.45, 7) is 6.01. The maximum Gasteiger partial charge on any atom is 0.255 e. The Morgan fingerprint density at radius 3 is 2.85 bits per heavy atom. The van der Waals surface area contributed by atoms with Crippen LogP contribution in [0.15, 0.2) is 17.6 Å². The first-order chi connectivity index (χ1) is 12.6. The fourth-order valence-electron chi connectivity index (χ4n) is 3.18. The van der Waals surface area contributed by atoms with Crippen molar-refractivity contribution in [2.45, 2.75) is 13.5 Å². The SMILES string of the molecule is Cc1nc(CN2CCN(C(=O)c3cnc4c(c3)NC(=O)CN4)CC2)cs1. The fraction of sp³-hybridized carbons (Fsp3) is 0.412. The number of amides is 2. The van der Waals surface area contributed by atoms with Crippen molar-refractivity contribution in [1.29, 1.82) is 0 Å². The summed E-state index contributed by atoms with van der Waals surface area (Å²) in [5, 5.41) is 8.84. The van der Waals surface area contributed by atoms with Crippen LogP contribution in [0.3, 0.4) is 0 Å². The van der Waals surface area contributed by atoms with E-state index in [1.54, 1.807) is 23.6 Å². The predicted octanol–water partition coefficient (Wildman–Crippen LogP) is 1.17. The predicted molar refractivity (Wildman–Crippen MR) is 99.4 cm³/mol. The van der Waals surface area contributed by atoms with Gasteiger partial charge in [-0.2, -0.15) is 0 Å². The number of piperazine rings is 1. The Hall–Kier alpha value is -2.52. The van der Waals surface area contributed by atoms with E-state index in [1.165, 1.54) is 0 Å². The molecule has 1 fully saturated rings.